The van der Waals surface area contributed by atoms with Crippen molar-refractivity contribution in [3.63, 3.8) is 0 Å². The van der Waals surface area contributed by atoms with Gasteiger partial charge in [-0.1, -0.05) is 6.92 Å². The van der Waals surface area contributed by atoms with Gasteiger partial charge in [0.25, 0.3) is 5.91 Å². The van der Waals surface area contributed by atoms with Crippen LogP contribution in [0.5, 0.6) is 0 Å². The number of aromatic nitrogens is 1. The zero-order valence-electron chi connectivity index (χ0n) is 12.9. The first-order valence-corrected chi connectivity index (χ1v) is 7.81. The smallest absolute Gasteiger partial charge is 0.251 e. The van der Waals surface area contributed by atoms with Gasteiger partial charge in [-0.3, -0.25) is 4.79 Å². The lowest BCUT2D eigenvalue weighted by atomic mass is 10.1. The molecule has 1 saturated heterocycles. The predicted octanol–water partition coefficient (Wildman–Crippen LogP) is 2.51. The first kappa shape index (κ1) is 15.8. The van der Waals surface area contributed by atoms with Gasteiger partial charge in [0.1, 0.15) is 5.82 Å². The molecule has 0 spiro atoms. The molecular weight excluding hydrogens is 266 g/mol. The number of ether oxygens (including phenoxy) is 1. The second-order valence-corrected chi connectivity index (χ2v) is 5.49. The quantitative estimate of drug-likeness (QED) is 0.810. The molecule has 1 aliphatic heterocycles. The summed E-state index contributed by atoms with van der Waals surface area (Å²) in [5.74, 6) is 0.721. The molecule has 0 bridgehead atoms. The summed E-state index contributed by atoms with van der Waals surface area (Å²) < 4.78 is 5.55. The van der Waals surface area contributed by atoms with Crippen molar-refractivity contribution in [2.45, 2.75) is 45.6 Å². The van der Waals surface area contributed by atoms with E-state index in [9.17, 15) is 4.79 Å². The minimum absolute atomic E-state index is 0.0435. The highest BCUT2D eigenvalue weighted by molar-refractivity contribution is 5.94. The molecule has 0 radical (unpaired) electrons. The van der Waals surface area contributed by atoms with Crippen LogP contribution < -0.4 is 10.6 Å². The van der Waals surface area contributed by atoms with Crippen LogP contribution in [0.4, 0.5) is 5.82 Å². The summed E-state index contributed by atoms with van der Waals surface area (Å²) in [6.07, 6.45) is 4.46. The number of anilines is 1. The summed E-state index contributed by atoms with van der Waals surface area (Å²) in [6, 6.07) is 3.63. The van der Waals surface area contributed by atoms with Crippen LogP contribution in [-0.2, 0) is 4.74 Å². The Morgan fingerprint density at radius 3 is 3.00 bits per heavy atom. The molecule has 0 aliphatic carbocycles. The lowest BCUT2D eigenvalue weighted by Crippen LogP contribution is -2.27. The number of rotatable bonds is 7. The van der Waals surface area contributed by atoms with Crippen molar-refractivity contribution in [1.82, 2.24) is 10.3 Å². The third-order valence-corrected chi connectivity index (χ3v) is 3.55. The van der Waals surface area contributed by atoms with Crippen LogP contribution in [0.2, 0.25) is 0 Å². The van der Waals surface area contributed by atoms with Gasteiger partial charge in [-0.15, -0.1) is 0 Å². The van der Waals surface area contributed by atoms with Gasteiger partial charge in [-0.05, 0) is 44.7 Å². The third-order valence-electron chi connectivity index (χ3n) is 3.55. The normalized spacial score (nSPS) is 17.7. The van der Waals surface area contributed by atoms with Crippen LogP contribution in [0.3, 0.4) is 0 Å². The summed E-state index contributed by atoms with van der Waals surface area (Å²) in [6.45, 7) is 6.37. The predicted molar refractivity (Wildman–Crippen MR) is 83.7 cm³/mol. The Bertz CT molecular complexity index is 471. The molecule has 1 amide bonds. The van der Waals surface area contributed by atoms with Crippen molar-refractivity contribution in [1.29, 1.82) is 0 Å². The molecule has 1 aromatic rings. The highest BCUT2D eigenvalue weighted by Crippen LogP contribution is 2.15. The zero-order valence-corrected chi connectivity index (χ0v) is 12.9. The van der Waals surface area contributed by atoms with Crippen molar-refractivity contribution in [3.8, 4) is 0 Å². The maximum Gasteiger partial charge on any atom is 0.251 e. The molecule has 0 aromatic carbocycles. The Morgan fingerprint density at radius 1 is 1.43 bits per heavy atom. The summed E-state index contributed by atoms with van der Waals surface area (Å²) in [5, 5.41) is 6.18. The first-order chi connectivity index (χ1) is 10.2. The van der Waals surface area contributed by atoms with Crippen molar-refractivity contribution >= 4 is 11.7 Å². The van der Waals surface area contributed by atoms with E-state index in [-0.39, 0.29) is 5.91 Å². The fourth-order valence-corrected chi connectivity index (χ4v) is 2.46. The number of aryl methyl sites for hydroxylation is 1. The Balaban J connectivity index is 1.86. The van der Waals surface area contributed by atoms with E-state index in [0.717, 1.165) is 50.3 Å². The maximum absolute atomic E-state index is 12.2. The summed E-state index contributed by atoms with van der Waals surface area (Å²) in [7, 11) is 0. The van der Waals surface area contributed by atoms with Crippen LogP contribution in [0.15, 0.2) is 12.1 Å². The molecule has 116 valence electrons. The minimum Gasteiger partial charge on any atom is -0.378 e. The molecule has 1 atom stereocenters. The largest absolute Gasteiger partial charge is 0.378 e. The first-order valence-electron chi connectivity index (χ1n) is 7.81. The minimum atomic E-state index is -0.0435. The van der Waals surface area contributed by atoms with Gasteiger partial charge in [0.2, 0.25) is 0 Å². The van der Waals surface area contributed by atoms with Crippen LogP contribution in [0, 0.1) is 6.92 Å². The Hall–Kier alpha value is -1.62. The topological polar surface area (TPSA) is 63.2 Å². The van der Waals surface area contributed by atoms with Gasteiger partial charge in [0, 0.05) is 31.0 Å². The lowest BCUT2D eigenvalue weighted by molar-refractivity contribution is 0.0907. The Morgan fingerprint density at radius 2 is 2.29 bits per heavy atom. The second kappa shape index (κ2) is 7.98. The molecule has 21 heavy (non-hydrogen) atoms. The average molecular weight is 291 g/mol. The summed E-state index contributed by atoms with van der Waals surface area (Å²) >= 11 is 0. The van der Waals surface area contributed by atoms with Crippen LogP contribution in [0.25, 0.3) is 0 Å². The standard InChI is InChI=1S/C16H25N3O2/c1-3-7-17-15-11-13(10-12(2)19-15)16(20)18-8-6-14-5-4-9-21-14/h10-11,14H,3-9H2,1-2H3,(H,17,19)(H,18,20). The van der Waals surface area contributed by atoms with Crippen molar-refractivity contribution in [3.05, 3.63) is 23.4 Å². The molecular formula is C16H25N3O2. The highest BCUT2D eigenvalue weighted by Gasteiger charge is 2.15. The fraction of sp³-hybridized carbons (Fsp3) is 0.625. The number of carbonyl (C=O) groups is 1. The molecule has 2 rings (SSSR count). The van der Waals surface area contributed by atoms with Gasteiger partial charge in [0.05, 0.1) is 6.10 Å². The van der Waals surface area contributed by atoms with Crippen LogP contribution >= 0.6 is 0 Å². The monoisotopic (exact) mass is 291 g/mol. The van der Waals surface area contributed by atoms with Crippen molar-refractivity contribution < 1.29 is 9.53 Å². The van der Waals surface area contributed by atoms with E-state index >= 15 is 0 Å². The van der Waals surface area contributed by atoms with Gasteiger partial charge in [-0.25, -0.2) is 4.98 Å². The molecule has 1 fully saturated rings. The van der Waals surface area contributed by atoms with E-state index in [0.29, 0.717) is 18.2 Å². The number of pyridine rings is 1. The molecule has 5 heteroatoms. The number of nitrogens with one attached hydrogen (secondary N) is 2. The van der Waals surface area contributed by atoms with Gasteiger partial charge in [0.15, 0.2) is 0 Å². The Labute approximate surface area is 126 Å². The third kappa shape index (κ3) is 5.01. The van der Waals surface area contributed by atoms with Gasteiger partial charge >= 0.3 is 0 Å². The number of amides is 1. The van der Waals surface area contributed by atoms with Gasteiger partial charge in [-0.2, -0.15) is 0 Å². The molecule has 1 aliphatic rings. The number of hydrogen-bond donors (Lipinski definition) is 2. The molecule has 1 aromatic heterocycles. The fourth-order valence-electron chi connectivity index (χ4n) is 2.46. The average Bonchev–Trinajstić information content (AvgIpc) is 2.97. The molecule has 5 nitrogen and oxygen atoms in total. The van der Waals surface area contributed by atoms with E-state index in [1.54, 1.807) is 0 Å². The maximum atomic E-state index is 12.2. The van der Waals surface area contributed by atoms with E-state index in [1.807, 2.05) is 19.1 Å². The Kier molecular flexibility index (Phi) is 5.99. The summed E-state index contributed by atoms with van der Waals surface area (Å²) in [4.78, 5) is 16.6. The van der Waals surface area contributed by atoms with E-state index in [4.69, 9.17) is 4.74 Å². The zero-order chi connectivity index (χ0) is 15.1. The lowest BCUT2D eigenvalue weighted by Gasteiger charge is -2.11. The molecule has 2 heterocycles. The SMILES string of the molecule is CCCNc1cc(C(=O)NCCC2CCCO2)cc(C)n1. The molecule has 1 unspecified atom stereocenters. The number of hydrogen-bond acceptors (Lipinski definition) is 4. The van der Waals surface area contributed by atoms with Crippen molar-refractivity contribution in [2.24, 2.45) is 0 Å². The summed E-state index contributed by atoms with van der Waals surface area (Å²) in [5.41, 5.74) is 1.51. The number of nitrogens with zero attached hydrogens (tertiary/aromatic N) is 1. The van der Waals surface area contributed by atoms with Crippen molar-refractivity contribution in [2.75, 3.05) is 25.0 Å². The van der Waals surface area contributed by atoms with E-state index in [1.165, 1.54) is 0 Å². The van der Waals surface area contributed by atoms with Crippen LogP contribution in [-0.4, -0.2) is 36.7 Å². The van der Waals surface area contributed by atoms with Crippen LogP contribution in [0.1, 0.15) is 48.7 Å². The van der Waals surface area contributed by atoms with E-state index in [2.05, 4.69) is 22.5 Å². The molecule has 0 saturated carbocycles. The number of carbonyl (C=O) groups excluding carboxylic acids is 1. The van der Waals surface area contributed by atoms with E-state index < -0.39 is 0 Å². The molecule has 2 N–H and O–H groups in total. The second-order valence-electron chi connectivity index (χ2n) is 5.49. The van der Waals surface area contributed by atoms with Gasteiger partial charge < -0.3 is 15.4 Å². The highest BCUT2D eigenvalue weighted by atomic mass is 16.5.